The van der Waals surface area contributed by atoms with Gasteiger partial charge >= 0.3 is 0 Å². The van der Waals surface area contributed by atoms with E-state index in [4.69, 9.17) is 11.6 Å². The average molecular weight is 281 g/mol. The Kier molecular flexibility index (Phi) is 3.42. The first-order valence-electron chi connectivity index (χ1n) is 7.44. The maximum Gasteiger partial charge on any atom is 0.142 e. The summed E-state index contributed by atoms with van der Waals surface area (Å²) in [5, 5.41) is 5.20. The molecule has 0 aliphatic heterocycles. The molecular weight excluding hydrogens is 260 g/mol. The Morgan fingerprint density at radius 2 is 2.05 bits per heavy atom. The molecule has 0 bridgehead atoms. The largest absolute Gasteiger partial charge is 0.299 e. The third kappa shape index (κ3) is 2.12. The highest BCUT2D eigenvalue weighted by molar-refractivity contribution is 6.32. The van der Waals surface area contributed by atoms with Gasteiger partial charge < -0.3 is 0 Å². The van der Waals surface area contributed by atoms with Crippen LogP contribution < -0.4 is 0 Å². The maximum atomic E-state index is 12.4. The van der Waals surface area contributed by atoms with Gasteiger partial charge in [-0.3, -0.25) is 9.48 Å². The second-order valence-electron chi connectivity index (χ2n) is 5.80. The lowest BCUT2D eigenvalue weighted by Gasteiger charge is -2.06. The third-order valence-electron chi connectivity index (χ3n) is 4.81. The fourth-order valence-electron chi connectivity index (χ4n) is 3.77. The van der Waals surface area contributed by atoms with Crippen molar-refractivity contribution >= 4 is 17.4 Å². The van der Waals surface area contributed by atoms with Crippen molar-refractivity contribution < 1.29 is 4.79 Å². The molecule has 2 aliphatic carbocycles. The van der Waals surface area contributed by atoms with E-state index in [9.17, 15) is 4.79 Å². The number of fused-ring (bicyclic) bond motifs is 1. The molecule has 104 valence electrons. The molecule has 1 aromatic heterocycles. The molecule has 0 amide bonds. The summed E-state index contributed by atoms with van der Waals surface area (Å²) in [6.07, 6.45) is 5.11. The molecule has 0 N–H and O–H groups in total. The number of hydrogen-bond acceptors (Lipinski definition) is 2. The van der Waals surface area contributed by atoms with E-state index in [2.05, 4.69) is 5.10 Å². The summed E-state index contributed by atoms with van der Waals surface area (Å²) in [5.74, 6) is 2.09. The summed E-state index contributed by atoms with van der Waals surface area (Å²) >= 11 is 6.36. The Labute approximate surface area is 119 Å². The molecule has 1 aromatic rings. The SMILES string of the molecule is CCc1nn(CC)c(CC(=O)C2C3CCCC32)c1Cl. The zero-order chi connectivity index (χ0) is 13.6. The fourth-order valence-corrected chi connectivity index (χ4v) is 4.10. The Morgan fingerprint density at radius 3 is 2.63 bits per heavy atom. The summed E-state index contributed by atoms with van der Waals surface area (Å²) in [5.41, 5.74) is 1.85. The van der Waals surface area contributed by atoms with Crippen LogP contribution in [0.5, 0.6) is 0 Å². The summed E-state index contributed by atoms with van der Waals surface area (Å²) in [7, 11) is 0. The highest BCUT2D eigenvalue weighted by atomic mass is 35.5. The predicted molar refractivity (Wildman–Crippen MR) is 75.3 cm³/mol. The first-order valence-corrected chi connectivity index (χ1v) is 7.81. The zero-order valence-corrected chi connectivity index (χ0v) is 12.4. The molecule has 2 aliphatic rings. The quantitative estimate of drug-likeness (QED) is 0.830. The van der Waals surface area contributed by atoms with Gasteiger partial charge in [-0.25, -0.2) is 0 Å². The van der Waals surface area contributed by atoms with Gasteiger partial charge in [-0.1, -0.05) is 24.9 Å². The summed E-state index contributed by atoms with van der Waals surface area (Å²) in [4.78, 5) is 12.4. The predicted octanol–water partition coefficient (Wildman–Crippen LogP) is 3.28. The molecule has 19 heavy (non-hydrogen) atoms. The Bertz CT molecular complexity index is 498. The number of halogens is 1. The fraction of sp³-hybridized carbons (Fsp3) is 0.733. The minimum Gasteiger partial charge on any atom is -0.299 e. The van der Waals surface area contributed by atoms with Gasteiger partial charge in [-0.05, 0) is 38.0 Å². The van der Waals surface area contributed by atoms with Crippen molar-refractivity contribution in [2.45, 2.75) is 52.5 Å². The molecule has 1 heterocycles. The lowest BCUT2D eigenvalue weighted by atomic mass is 10.0. The van der Waals surface area contributed by atoms with E-state index in [0.29, 0.717) is 35.0 Å². The maximum absolute atomic E-state index is 12.4. The highest BCUT2D eigenvalue weighted by Crippen LogP contribution is 2.58. The smallest absolute Gasteiger partial charge is 0.142 e. The number of aromatic nitrogens is 2. The van der Waals surface area contributed by atoms with E-state index in [1.807, 2.05) is 18.5 Å². The van der Waals surface area contributed by atoms with Crippen molar-refractivity contribution in [2.75, 3.05) is 0 Å². The molecule has 3 nitrogen and oxygen atoms in total. The first kappa shape index (κ1) is 13.2. The minimum absolute atomic E-state index is 0.329. The number of rotatable bonds is 5. The second kappa shape index (κ2) is 4.93. The highest BCUT2D eigenvalue weighted by Gasteiger charge is 2.55. The van der Waals surface area contributed by atoms with E-state index >= 15 is 0 Å². The molecule has 2 atom stereocenters. The molecule has 0 spiro atoms. The van der Waals surface area contributed by atoms with Gasteiger partial charge in [0.05, 0.1) is 22.8 Å². The summed E-state index contributed by atoms with van der Waals surface area (Å²) in [6.45, 7) is 4.87. The number of carbonyl (C=O) groups excluding carboxylic acids is 1. The van der Waals surface area contributed by atoms with Crippen LogP contribution in [-0.4, -0.2) is 15.6 Å². The van der Waals surface area contributed by atoms with Gasteiger partial charge in [0.1, 0.15) is 5.78 Å². The van der Waals surface area contributed by atoms with Crippen molar-refractivity contribution in [1.29, 1.82) is 0 Å². The van der Waals surface area contributed by atoms with Crippen molar-refractivity contribution in [3.63, 3.8) is 0 Å². The van der Waals surface area contributed by atoms with E-state index in [1.54, 1.807) is 0 Å². The molecule has 2 saturated carbocycles. The second-order valence-corrected chi connectivity index (χ2v) is 6.18. The average Bonchev–Trinajstić information content (AvgIpc) is 2.77. The van der Waals surface area contributed by atoms with Crippen molar-refractivity contribution in [1.82, 2.24) is 9.78 Å². The van der Waals surface area contributed by atoms with Crippen LogP contribution in [0.25, 0.3) is 0 Å². The number of Topliss-reactive ketones (excluding diaryl/α,β-unsaturated/α-hetero) is 1. The topological polar surface area (TPSA) is 34.9 Å². The van der Waals surface area contributed by atoms with Gasteiger partial charge in [0.25, 0.3) is 0 Å². The van der Waals surface area contributed by atoms with Crippen LogP contribution in [0.1, 0.15) is 44.5 Å². The van der Waals surface area contributed by atoms with Crippen LogP contribution in [0.15, 0.2) is 0 Å². The van der Waals surface area contributed by atoms with E-state index < -0.39 is 0 Å². The lowest BCUT2D eigenvalue weighted by molar-refractivity contribution is -0.120. The molecule has 2 unspecified atom stereocenters. The lowest BCUT2D eigenvalue weighted by Crippen LogP contribution is -2.13. The molecular formula is C15H21ClN2O. The van der Waals surface area contributed by atoms with Gasteiger partial charge in [-0.15, -0.1) is 0 Å². The number of aryl methyl sites for hydroxylation is 2. The van der Waals surface area contributed by atoms with Gasteiger partial charge in [0, 0.05) is 12.5 Å². The zero-order valence-electron chi connectivity index (χ0n) is 11.7. The van der Waals surface area contributed by atoms with E-state index in [1.165, 1.54) is 19.3 Å². The molecule has 0 radical (unpaired) electrons. The van der Waals surface area contributed by atoms with E-state index in [0.717, 1.165) is 24.4 Å². The number of ketones is 1. The van der Waals surface area contributed by atoms with Crippen LogP contribution in [0.3, 0.4) is 0 Å². The van der Waals surface area contributed by atoms with Crippen molar-refractivity contribution in [3.8, 4) is 0 Å². The Balaban J connectivity index is 1.76. The molecule has 4 heteroatoms. The van der Waals surface area contributed by atoms with Gasteiger partial charge in [-0.2, -0.15) is 5.10 Å². The number of carbonyl (C=O) groups is 1. The monoisotopic (exact) mass is 280 g/mol. The number of nitrogens with zero attached hydrogens (tertiary/aromatic N) is 2. The van der Waals surface area contributed by atoms with Crippen molar-refractivity contribution in [3.05, 3.63) is 16.4 Å². The van der Waals surface area contributed by atoms with Crippen LogP contribution in [0, 0.1) is 17.8 Å². The first-order chi connectivity index (χ1) is 9.17. The standard InChI is InChI=1S/C15H21ClN2O/c1-3-11-15(16)12(18(4-2)17-11)8-13(19)14-9-6-5-7-10(9)14/h9-10,14H,3-8H2,1-2H3. The normalized spacial score (nSPS) is 28.5. The minimum atomic E-state index is 0.329. The number of hydrogen-bond donors (Lipinski definition) is 0. The van der Waals surface area contributed by atoms with Gasteiger partial charge in [0.15, 0.2) is 0 Å². The molecule has 2 fully saturated rings. The third-order valence-corrected chi connectivity index (χ3v) is 5.25. The van der Waals surface area contributed by atoms with Gasteiger partial charge in [0.2, 0.25) is 0 Å². The molecule has 0 aromatic carbocycles. The molecule has 0 saturated heterocycles. The Morgan fingerprint density at radius 1 is 1.37 bits per heavy atom. The van der Waals surface area contributed by atoms with Crippen LogP contribution in [0.2, 0.25) is 5.02 Å². The molecule has 3 rings (SSSR count). The van der Waals surface area contributed by atoms with Crippen LogP contribution >= 0.6 is 11.6 Å². The van der Waals surface area contributed by atoms with Crippen molar-refractivity contribution in [2.24, 2.45) is 17.8 Å². The van der Waals surface area contributed by atoms with Crippen LogP contribution in [-0.2, 0) is 24.2 Å². The summed E-state index contributed by atoms with van der Waals surface area (Å²) < 4.78 is 1.90. The Hall–Kier alpha value is -0.830. The van der Waals surface area contributed by atoms with E-state index in [-0.39, 0.29) is 0 Å². The summed E-state index contributed by atoms with van der Waals surface area (Å²) in [6, 6.07) is 0. The van der Waals surface area contributed by atoms with Crippen LogP contribution in [0.4, 0.5) is 0 Å².